The van der Waals surface area contributed by atoms with Gasteiger partial charge in [-0.2, -0.15) is 4.98 Å². The van der Waals surface area contributed by atoms with Gasteiger partial charge in [0.15, 0.2) is 5.58 Å². The number of fused-ring (bicyclic) bond motifs is 1. The molecule has 0 atom stereocenters. The van der Waals surface area contributed by atoms with Crippen LogP contribution in [0.3, 0.4) is 0 Å². The molecular formula is C8H7ClN2O3S. The van der Waals surface area contributed by atoms with E-state index < -0.39 is 15.2 Å². The molecule has 15 heavy (non-hydrogen) atoms. The average Bonchev–Trinajstić information content (AvgIpc) is 2.59. The summed E-state index contributed by atoms with van der Waals surface area (Å²) in [4.78, 5) is 3.75. The molecule has 0 aliphatic rings. The molecule has 0 aliphatic heterocycles. The van der Waals surface area contributed by atoms with Crippen molar-refractivity contribution >= 4 is 32.7 Å². The van der Waals surface area contributed by atoms with E-state index in [-0.39, 0.29) is 0 Å². The fourth-order valence-electron chi connectivity index (χ4n) is 1.16. The number of benzene rings is 1. The molecule has 0 radical (unpaired) electrons. The Morgan fingerprint density at radius 1 is 1.47 bits per heavy atom. The molecule has 0 spiro atoms. The second-order valence-corrected chi connectivity index (χ2v) is 4.67. The van der Waals surface area contributed by atoms with E-state index in [0.29, 0.717) is 17.0 Å². The average molecular weight is 247 g/mol. The van der Waals surface area contributed by atoms with Gasteiger partial charge in [-0.25, -0.2) is 13.6 Å². The van der Waals surface area contributed by atoms with Crippen LogP contribution in [-0.2, 0) is 15.9 Å². The minimum absolute atomic E-state index is 0.327. The van der Waals surface area contributed by atoms with Crippen molar-refractivity contribution in [2.75, 3.05) is 0 Å². The predicted octanol–water partition coefficient (Wildman–Crippen LogP) is 1.21. The second-order valence-electron chi connectivity index (χ2n) is 2.96. The van der Waals surface area contributed by atoms with E-state index in [1.807, 2.05) is 0 Å². The standard InChI is InChI=1S/C8H7ClN2O3S/c9-4-5-1-2-7-6(3-5)11-8(14-7)15(10,12)13/h1-3H,4H2,(H2,10,12,13). The first-order chi connectivity index (χ1) is 7.00. The van der Waals surface area contributed by atoms with Crippen molar-refractivity contribution in [3.05, 3.63) is 23.8 Å². The Balaban J connectivity index is 2.66. The summed E-state index contributed by atoms with van der Waals surface area (Å²) < 4.78 is 26.9. The lowest BCUT2D eigenvalue weighted by atomic mass is 10.2. The van der Waals surface area contributed by atoms with Gasteiger partial charge in [0.2, 0.25) is 0 Å². The van der Waals surface area contributed by atoms with Gasteiger partial charge in [-0.3, -0.25) is 0 Å². The molecule has 2 N–H and O–H groups in total. The van der Waals surface area contributed by atoms with Crippen LogP contribution in [0.4, 0.5) is 0 Å². The quantitative estimate of drug-likeness (QED) is 0.807. The van der Waals surface area contributed by atoms with E-state index in [2.05, 4.69) is 4.98 Å². The second kappa shape index (κ2) is 3.48. The molecule has 1 aromatic carbocycles. The summed E-state index contributed by atoms with van der Waals surface area (Å²) in [5.41, 5.74) is 1.63. The van der Waals surface area contributed by atoms with Crippen LogP contribution >= 0.6 is 11.6 Å². The number of sulfonamides is 1. The van der Waals surface area contributed by atoms with Gasteiger partial charge < -0.3 is 4.42 Å². The monoisotopic (exact) mass is 246 g/mol. The summed E-state index contributed by atoms with van der Waals surface area (Å²) in [6.45, 7) is 0. The van der Waals surface area contributed by atoms with Crippen molar-refractivity contribution in [2.45, 2.75) is 11.1 Å². The Labute approximate surface area is 90.9 Å². The minimum atomic E-state index is -3.90. The third-order valence-corrected chi connectivity index (χ3v) is 2.80. The van der Waals surface area contributed by atoms with Gasteiger partial charge in [0.05, 0.1) is 0 Å². The van der Waals surface area contributed by atoms with E-state index in [9.17, 15) is 8.42 Å². The summed E-state index contributed by atoms with van der Waals surface area (Å²) in [7, 11) is -3.90. The van der Waals surface area contributed by atoms with E-state index in [0.717, 1.165) is 5.56 Å². The Hall–Kier alpha value is -1.11. The molecule has 80 valence electrons. The van der Waals surface area contributed by atoms with Crippen LogP contribution in [0, 0.1) is 0 Å². The van der Waals surface area contributed by atoms with Crippen LogP contribution in [0.5, 0.6) is 0 Å². The molecule has 1 aromatic heterocycles. The maximum atomic E-state index is 11.0. The number of rotatable bonds is 2. The van der Waals surface area contributed by atoms with Gasteiger partial charge in [-0.1, -0.05) is 6.07 Å². The molecule has 2 rings (SSSR count). The molecular weight excluding hydrogens is 240 g/mol. The van der Waals surface area contributed by atoms with Gasteiger partial charge in [-0.05, 0) is 17.7 Å². The van der Waals surface area contributed by atoms with Gasteiger partial charge in [-0.15, -0.1) is 11.6 Å². The van der Waals surface area contributed by atoms with E-state index in [4.69, 9.17) is 21.2 Å². The van der Waals surface area contributed by atoms with Crippen molar-refractivity contribution < 1.29 is 12.8 Å². The molecule has 0 aliphatic carbocycles. The fraction of sp³-hybridized carbons (Fsp3) is 0.125. The van der Waals surface area contributed by atoms with Crippen LogP contribution in [0.1, 0.15) is 5.56 Å². The lowest BCUT2D eigenvalue weighted by Gasteiger charge is -1.91. The summed E-state index contributed by atoms with van der Waals surface area (Å²) >= 11 is 5.62. The number of aromatic nitrogens is 1. The highest BCUT2D eigenvalue weighted by atomic mass is 35.5. The van der Waals surface area contributed by atoms with Crippen LogP contribution in [0.2, 0.25) is 0 Å². The number of oxazole rings is 1. The number of nitrogens with two attached hydrogens (primary N) is 1. The van der Waals surface area contributed by atoms with Crippen molar-refractivity contribution in [2.24, 2.45) is 5.14 Å². The smallest absolute Gasteiger partial charge is 0.331 e. The normalized spacial score (nSPS) is 12.1. The SMILES string of the molecule is NS(=O)(=O)c1nc2cc(CCl)ccc2o1. The maximum Gasteiger partial charge on any atom is 0.331 e. The van der Waals surface area contributed by atoms with Crippen LogP contribution in [-0.4, -0.2) is 13.4 Å². The molecule has 7 heteroatoms. The van der Waals surface area contributed by atoms with Gasteiger partial charge in [0.25, 0.3) is 10.0 Å². The summed E-state index contributed by atoms with van der Waals surface area (Å²) in [5, 5.41) is 4.40. The molecule has 0 saturated heterocycles. The van der Waals surface area contributed by atoms with Gasteiger partial charge in [0.1, 0.15) is 5.52 Å². The van der Waals surface area contributed by atoms with E-state index in [1.54, 1.807) is 18.2 Å². The maximum absolute atomic E-state index is 11.0. The summed E-state index contributed by atoms with van der Waals surface area (Å²) in [6.07, 6.45) is 0. The topological polar surface area (TPSA) is 86.2 Å². The zero-order valence-corrected chi connectivity index (χ0v) is 9.05. The lowest BCUT2D eigenvalue weighted by Crippen LogP contribution is -2.12. The Bertz CT molecular complexity index is 605. The zero-order valence-electron chi connectivity index (χ0n) is 7.47. The highest BCUT2D eigenvalue weighted by Gasteiger charge is 2.16. The number of hydrogen-bond acceptors (Lipinski definition) is 4. The number of hydrogen-bond donors (Lipinski definition) is 1. The molecule has 1 heterocycles. The minimum Gasteiger partial charge on any atom is -0.427 e. The van der Waals surface area contributed by atoms with Crippen molar-refractivity contribution in [3.8, 4) is 0 Å². The number of nitrogens with zero attached hydrogens (tertiary/aromatic N) is 1. The number of alkyl halides is 1. The summed E-state index contributed by atoms with van der Waals surface area (Å²) in [6, 6.07) is 4.99. The third kappa shape index (κ3) is 1.97. The van der Waals surface area contributed by atoms with Gasteiger partial charge >= 0.3 is 5.22 Å². The van der Waals surface area contributed by atoms with E-state index in [1.165, 1.54) is 0 Å². The Morgan fingerprint density at radius 3 is 2.80 bits per heavy atom. The van der Waals surface area contributed by atoms with Gasteiger partial charge in [0, 0.05) is 5.88 Å². The Kier molecular flexibility index (Phi) is 2.41. The zero-order chi connectivity index (χ0) is 11.1. The highest BCUT2D eigenvalue weighted by molar-refractivity contribution is 7.88. The highest BCUT2D eigenvalue weighted by Crippen LogP contribution is 2.19. The van der Waals surface area contributed by atoms with Crippen LogP contribution < -0.4 is 5.14 Å². The predicted molar refractivity (Wildman–Crippen MR) is 54.9 cm³/mol. The molecule has 0 saturated carbocycles. The molecule has 0 bridgehead atoms. The first kappa shape index (κ1) is 10.4. The molecule has 5 nitrogen and oxygen atoms in total. The summed E-state index contributed by atoms with van der Waals surface area (Å²) in [5.74, 6) is 0.327. The first-order valence-corrected chi connectivity index (χ1v) is 6.07. The third-order valence-electron chi connectivity index (χ3n) is 1.83. The molecule has 0 fully saturated rings. The first-order valence-electron chi connectivity index (χ1n) is 3.99. The molecule has 0 unspecified atom stereocenters. The molecule has 0 amide bonds. The van der Waals surface area contributed by atoms with Crippen molar-refractivity contribution in [1.82, 2.24) is 4.98 Å². The fourth-order valence-corrected chi connectivity index (χ4v) is 1.75. The van der Waals surface area contributed by atoms with Crippen molar-refractivity contribution in [1.29, 1.82) is 0 Å². The van der Waals surface area contributed by atoms with Crippen LogP contribution in [0.25, 0.3) is 11.1 Å². The largest absolute Gasteiger partial charge is 0.427 e. The lowest BCUT2D eigenvalue weighted by molar-refractivity contribution is 0.459. The van der Waals surface area contributed by atoms with E-state index >= 15 is 0 Å². The number of primary sulfonamides is 1. The van der Waals surface area contributed by atoms with Crippen molar-refractivity contribution in [3.63, 3.8) is 0 Å². The Morgan fingerprint density at radius 2 is 2.20 bits per heavy atom. The van der Waals surface area contributed by atoms with Crippen LogP contribution in [0.15, 0.2) is 27.8 Å². The number of halogens is 1. The molecule has 2 aromatic rings.